The summed E-state index contributed by atoms with van der Waals surface area (Å²) in [7, 11) is 0. The molecular weight excluding hydrogens is 326 g/mol. The van der Waals surface area contributed by atoms with Gasteiger partial charge >= 0.3 is 0 Å². The van der Waals surface area contributed by atoms with E-state index in [1.807, 2.05) is 6.26 Å². The van der Waals surface area contributed by atoms with Crippen molar-refractivity contribution in [2.45, 2.75) is 24.5 Å². The summed E-state index contributed by atoms with van der Waals surface area (Å²) in [6.45, 7) is -0.362. The van der Waals surface area contributed by atoms with Crippen LogP contribution in [0.15, 0.2) is 11.1 Å². The second-order valence-electron chi connectivity index (χ2n) is 5.05. The fourth-order valence-corrected chi connectivity index (χ4v) is 2.84. The van der Waals surface area contributed by atoms with Crippen molar-refractivity contribution in [1.82, 2.24) is 19.5 Å². The van der Waals surface area contributed by atoms with E-state index in [-0.39, 0.29) is 23.7 Å². The van der Waals surface area contributed by atoms with Gasteiger partial charge in [-0.3, -0.25) is 14.3 Å². The van der Waals surface area contributed by atoms with Gasteiger partial charge in [0.15, 0.2) is 17.4 Å². The van der Waals surface area contributed by atoms with E-state index in [4.69, 9.17) is 15.2 Å². The zero-order valence-corrected chi connectivity index (χ0v) is 13.1. The van der Waals surface area contributed by atoms with Crippen molar-refractivity contribution in [3.63, 3.8) is 0 Å². The normalized spacial score (nSPS) is 27.8. The summed E-state index contributed by atoms with van der Waals surface area (Å²) < 4.78 is 12.8. The maximum absolute atomic E-state index is 11.8. The highest BCUT2D eigenvalue weighted by Gasteiger charge is 2.45. The van der Waals surface area contributed by atoms with Gasteiger partial charge in [0.1, 0.15) is 18.3 Å². The number of nitrogens with two attached hydrogens (primary N) is 1. The van der Waals surface area contributed by atoms with Crippen LogP contribution in [0.2, 0.25) is 0 Å². The number of imidazole rings is 1. The molecule has 1 saturated heterocycles. The molecule has 126 valence electrons. The molecule has 2 aromatic heterocycles. The van der Waals surface area contributed by atoms with E-state index in [1.165, 1.54) is 22.7 Å². The van der Waals surface area contributed by atoms with Crippen LogP contribution in [-0.4, -0.2) is 66.8 Å². The predicted molar refractivity (Wildman–Crippen MR) is 82.8 cm³/mol. The summed E-state index contributed by atoms with van der Waals surface area (Å²) in [5, 5.41) is 19.6. The quantitative estimate of drug-likeness (QED) is 0.484. The molecule has 1 aliphatic rings. The Morgan fingerprint density at radius 3 is 3.09 bits per heavy atom. The molecule has 10 nitrogen and oxygen atoms in total. The first-order valence-corrected chi connectivity index (χ1v) is 8.23. The molecule has 0 saturated carbocycles. The van der Waals surface area contributed by atoms with Gasteiger partial charge in [0.2, 0.25) is 5.95 Å². The fourth-order valence-electron chi connectivity index (χ4n) is 2.55. The van der Waals surface area contributed by atoms with Crippen LogP contribution in [0.3, 0.4) is 0 Å². The molecule has 0 aromatic carbocycles. The molecular formula is C12H17N5O5S. The minimum atomic E-state index is -1.02. The van der Waals surface area contributed by atoms with Crippen molar-refractivity contribution < 1.29 is 19.7 Å². The lowest BCUT2D eigenvalue weighted by Gasteiger charge is -2.21. The summed E-state index contributed by atoms with van der Waals surface area (Å²) in [5.74, 6) is 0.283. The van der Waals surface area contributed by atoms with Crippen molar-refractivity contribution in [2.24, 2.45) is 0 Å². The van der Waals surface area contributed by atoms with E-state index in [2.05, 4.69) is 15.0 Å². The third-order valence-electron chi connectivity index (χ3n) is 3.60. The number of fused-ring (bicyclic) bond motifs is 1. The van der Waals surface area contributed by atoms with Crippen molar-refractivity contribution in [3.8, 4) is 0 Å². The highest BCUT2D eigenvalue weighted by Crippen LogP contribution is 2.33. The number of anilines is 1. The highest BCUT2D eigenvalue weighted by molar-refractivity contribution is 7.98. The van der Waals surface area contributed by atoms with Gasteiger partial charge in [-0.1, -0.05) is 0 Å². The first-order valence-electron chi connectivity index (χ1n) is 6.84. The van der Waals surface area contributed by atoms with Gasteiger partial charge in [-0.2, -0.15) is 4.98 Å². The maximum Gasteiger partial charge on any atom is 0.280 e. The van der Waals surface area contributed by atoms with Crippen molar-refractivity contribution >= 4 is 28.9 Å². The minimum absolute atomic E-state index is 0.0527. The fraction of sp³-hybridized carbons (Fsp3) is 0.583. The summed E-state index contributed by atoms with van der Waals surface area (Å²) in [6.07, 6.45) is -0.112. The molecule has 3 heterocycles. The molecule has 0 aliphatic carbocycles. The largest absolute Gasteiger partial charge is 0.394 e. The molecule has 0 bridgehead atoms. The van der Waals surface area contributed by atoms with Crippen molar-refractivity contribution in [2.75, 3.05) is 24.5 Å². The summed E-state index contributed by atoms with van der Waals surface area (Å²) >= 11 is 1.44. The lowest BCUT2D eigenvalue weighted by molar-refractivity contribution is -0.0607. The van der Waals surface area contributed by atoms with Crippen LogP contribution in [0.4, 0.5) is 5.95 Å². The molecule has 23 heavy (non-hydrogen) atoms. The molecule has 4 atom stereocenters. The van der Waals surface area contributed by atoms with Crippen LogP contribution >= 0.6 is 11.8 Å². The Labute approximate surface area is 134 Å². The molecule has 3 rings (SSSR count). The maximum atomic E-state index is 11.8. The highest BCUT2D eigenvalue weighted by atomic mass is 32.2. The molecule has 0 amide bonds. The first-order chi connectivity index (χ1) is 11.1. The van der Waals surface area contributed by atoms with Crippen LogP contribution in [0.5, 0.6) is 0 Å². The average Bonchev–Trinajstić information content (AvgIpc) is 3.06. The van der Waals surface area contributed by atoms with Crippen LogP contribution in [-0.2, 0) is 9.47 Å². The third-order valence-corrected chi connectivity index (χ3v) is 3.97. The third kappa shape index (κ3) is 2.81. The minimum Gasteiger partial charge on any atom is -0.394 e. The lowest BCUT2D eigenvalue weighted by Crippen LogP contribution is -2.35. The molecule has 11 heteroatoms. The summed E-state index contributed by atoms with van der Waals surface area (Å²) in [4.78, 5) is 22.3. The average molecular weight is 343 g/mol. The van der Waals surface area contributed by atoms with Gasteiger partial charge in [-0.05, 0) is 6.26 Å². The second-order valence-corrected chi connectivity index (χ2v) is 5.86. The number of thioether (sulfide) groups is 1. The van der Waals surface area contributed by atoms with Crippen molar-refractivity contribution in [1.29, 1.82) is 0 Å². The standard InChI is InChI=1S/C12H17N5O5S/c1-23-4-21-8-7(19)5(2-18)22-11(8)17-3-14-6-9(17)15-12(13)16-10(6)20/h3,5,7-8,11,18-19H,2,4H2,1H3,(H3,13,15,16,20)/t5-,7+,8?,11-/m1/s1. The number of aliphatic hydroxyl groups is 2. The SMILES string of the molecule is CSCOC1[C@@H](O)[C@@H](CO)O[C@H]1n1cnc2c(=O)[nH]c(N)nc21. The van der Waals surface area contributed by atoms with Crippen LogP contribution in [0, 0.1) is 0 Å². The molecule has 1 unspecified atom stereocenters. The number of nitrogens with zero attached hydrogens (tertiary/aromatic N) is 3. The van der Waals surface area contributed by atoms with Crippen LogP contribution in [0.25, 0.3) is 11.2 Å². The van der Waals surface area contributed by atoms with Gasteiger partial charge in [-0.15, -0.1) is 11.8 Å². The second kappa shape index (κ2) is 6.45. The number of ether oxygens (including phenoxy) is 2. The van der Waals surface area contributed by atoms with E-state index in [1.54, 1.807) is 0 Å². The zero-order chi connectivity index (χ0) is 16.6. The van der Waals surface area contributed by atoms with Crippen LogP contribution < -0.4 is 11.3 Å². The van der Waals surface area contributed by atoms with Crippen LogP contribution in [0.1, 0.15) is 6.23 Å². The number of hydrogen-bond acceptors (Lipinski definition) is 9. The predicted octanol–water partition coefficient (Wildman–Crippen LogP) is -1.34. The smallest absolute Gasteiger partial charge is 0.280 e. The van der Waals surface area contributed by atoms with Gasteiger partial charge in [-0.25, -0.2) is 4.98 Å². The first kappa shape index (κ1) is 16.2. The molecule has 0 radical (unpaired) electrons. The number of aromatic nitrogens is 4. The van der Waals surface area contributed by atoms with Gasteiger partial charge in [0.25, 0.3) is 5.56 Å². The molecule has 1 aliphatic heterocycles. The zero-order valence-electron chi connectivity index (χ0n) is 12.2. The number of H-pyrrole nitrogens is 1. The Morgan fingerprint density at radius 1 is 1.61 bits per heavy atom. The molecule has 5 N–H and O–H groups in total. The molecule has 1 fully saturated rings. The number of rotatable bonds is 5. The molecule has 0 spiro atoms. The Morgan fingerprint density at radius 2 is 2.39 bits per heavy atom. The van der Waals surface area contributed by atoms with E-state index >= 15 is 0 Å². The Kier molecular flexibility index (Phi) is 4.55. The topological polar surface area (TPSA) is 149 Å². The van der Waals surface area contributed by atoms with Gasteiger partial charge in [0.05, 0.1) is 18.9 Å². The Bertz CT molecular complexity index is 749. The van der Waals surface area contributed by atoms with E-state index in [0.717, 1.165) is 0 Å². The number of aromatic amines is 1. The summed E-state index contributed by atoms with van der Waals surface area (Å²) in [6, 6.07) is 0. The summed E-state index contributed by atoms with van der Waals surface area (Å²) in [5.41, 5.74) is 5.43. The van der Waals surface area contributed by atoms with Gasteiger partial charge in [0, 0.05) is 0 Å². The number of nitrogen functional groups attached to an aromatic ring is 1. The monoisotopic (exact) mass is 343 g/mol. The Balaban J connectivity index is 2.03. The van der Waals surface area contributed by atoms with E-state index in [9.17, 15) is 15.0 Å². The molecule has 2 aromatic rings. The lowest BCUT2D eigenvalue weighted by atomic mass is 10.1. The van der Waals surface area contributed by atoms with Crippen molar-refractivity contribution in [3.05, 3.63) is 16.7 Å². The number of hydrogen-bond donors (Lipinski definition) is 4. The Hall–Kier alpha value is -1.66. The number of aliphatic hydroxyl groups excluding tert-OH is 2. The number of nitrogens with one attached hydrogen (secondary N) is 1. The van der Waals surface area contributed by atoms with E-state index in [0.29, 0.717) is 5.94 Å². The van der Waals surface area contributed by atoms with E-state index < -0.39 is 30.1 Å². The van der Waals surface area contributed by atoms with Gasteiger partial charge < -0.3 is 25.4 Å².